The molecule has 108 valence electrons. The van der Waals surface area contributed by atoms with E-state index in [0.717, 1.165) is 0 Å². The van der Waals surface area contributed by atoms with Crippen molar-refractivity contribution in [2.45, 2.75) is 12.8 Å². The van der Waals surface area contributed by atoms with Gasteiger partial charge >= 0.3 is 0 Å². The summed E-state index contributed by atoms with van der Waals surface area (Å²) >= 11 is 5.52. The maximum absolute atomic E-state index is 11.8. The van der Waals surface area contributed by atoms with E-state index >= 15 is 0 Å². The van der Waals surface area contributed by atoms with Gasteiger partial charge in [-0.2, -0.15) is 0 Å². The zero-order chi connectivity index (χ0) is 14.3. The SMILES string of the molecule is COc1cc(NS(=O)(=O)CCCCCl)cc(OC)c1. The van der Waals surface area contributed by atoms with E-state index < -0.39 is 10.0 Å². The van der Waals surface area contributed by atoms with E-state index in [-0.39, 0.29) is 5.75 Å². The summed E-state index contributed by atoms with van der Waals surface area (Å²) in [5.74, 6) is 1.55. The first-order chi connectivity index (χ1) is 9.00. The Labute approximate surface area is 118 Å². The van der Waals surface area contributed by atoms with Crippen LogP contribution in [0.5, 0.6) is 11.5 Å². The summed E-state index contributed by atoms with van der Waals surface area (Å²) in [6, 6.07) is 4.87. The van der Waals surface area contributed by atoms with Gasteiger partial charge in [-0.15, -0.1) is 11.6 Å². The fourth-order valence-electron chi connectivity index (χ4n) is 1.48. The van der Waals surface area contributed by atoms with Gasteiger partial charge in [-0.05, 0) is 12.8 Å². The average molecular weight is 308 g/mol. The highest BCUT2D eigenvalue weighted by Gasteiger charge is 2.11. The molecular weight excluding hydrogens is 290 g/mol. The summed E-state index contributed by atoms with van der Waals surface area (Å²) in [5.41, 5.74) is 0.419. The van der Waals surface area contributed by atoms with Crippen LogP contribution in [-0.2, 0) is 10.0 Å². The third-order valence-electron chi connectivity index (χ3n) is 2.42. The second-order valence-electron chi connectivity index (χ2n) is 3.92. The van der Waals surface area contributed by atoms with Crippen molar-refractivity contribution in [3.63, 3.8) is 0 Å². The Kier molecular flexibility index (Phi) is 6.24. The molecule has 5 nitrogen and oxygen atoms in total. The molecule has 0 amide bonds. The van der Waals surface area contributed by atoms with E-state index in [4.69, 9.17) is 21.1 Å². The lowest BCUT2D eigenvalue weighted by Gasteiger charge is -2.11. The normalized spacial score (nSPS) is 11.1. The molecule has 1 aromatic rings. The van der Waals surface area contributed by atoms with E-state index in [0.29, 0.717) is 35.9 Å². The molecule has 0 heterocycles. The number of unbranched alkanes of at least 4 members (excludes halogenated alkanes) is 1. The lowest BCUT2D eigenvalue weighted by Crippen LogP contribution is -2.16. The third kappa shape index (κ3) is 5.57. The topological polar surface area (TPSA) is 64.6 Å². The lowest BCUT2D eigenvalue weighted by atomic mass is 10.3. The monoisotopic (exact) mass is 307 g/mol. The molecule has 0 fully saturated rings. The van der Waals surface area contributed by atoms with Crippen LogP contribution >= 0.6 is 11.6 Å². The Balaban J connectivity index is 2.80. The van der Waals surface area contributed by atoms with Gasteiger partial charge in [0.2, 0.25) is 10.0 Å². The second-order valence-corrected chi connectivity index (χ2v) is 6.14. The molecule has 0 aromatic heterocycles. The number of anilines is 1. The van der Waals surface area contributed by atoms with Crippen LogP contribution in [0.4, 0.5) is 5.69 Å². The van der Waals surface area contributed by atoms with Crippen molar-refractivity contribution in [2.75, 3.05) is 30.6 Å². The third-order valence-corrected chi connectivity index (χ3v) is 4.06. The van der Waals surface area contributed by atoms with Gasteiger partial charge in [-0.3, -0.25) is 4.72 Å². The Morgan fingerprint density at radius 1 is 1.11 bits per heavy atom. The maximum atomic E-state index is 11.8. The maximum Gasteiger partial charge on any atom is 0.232 e. The van der Waals surface area contributed by atoms with Crippen LogP contribution in [0, 0.1) is 0 Å². The molecule has 0 aliphatic heterocycles. The molecule has 0 atom stereocenters. The van der Waals surface area contributed by atoms with Crippen LogP contribution < -0.4 is 14.2 Å². The molecule has 0 radical (unpaired) electrons. The summed E-state index contributed by atoms with van der Waals surface area (Å²) in [7, 11) is -0.362. The number of benzene rings is 1. The molecule has 0 unspecified atom stereocenters. The van der Waals surface area contributed by atoms with Crippen molar-refractivity contribution in [2.24, 2.45) is 0 Å². The Morgan fingerprint density at radius 2 is 1.68 bits per heavy atom. The molecule has 0 bridgehead atoms. The molecule has 1 aromatic carbocycles. The van der Waals surface area contributed by atoms with Gasteiger partial charge in [0.25, 0.3) is 0 Å². The van der Waals surface area contributed by atoms with Gasteiger partial charge in [0, 0.05) is 24.1 Å². The highest BCUT2D eigenvalue weighted by molar-refractivity contribution is 7.92. The molecule has 0 saturated heterocycles. The van der Waals surface area contributed by atoms with E-state index in [1.54, 1.807) is 18.2 Å². The minimum atomic E-state index is -3.38. The number of methoxy groups -OCH3 is 2. The highest BCUT2D eigenvalue weighted by Crippen LogP contribution is 2.26. The summed E-state index contributed by atoms with van der Waals surface area (Å²) in [6.45, 7) is 0. The summed E-state index contributed by atoms with van der Waals surface area (Å²) in [4.78, 5) is 0. The molecule has 1 N–H and O–H groups in total. The molecule has 0 aliphatic carbocycles. The predicted octanol–water partition coefficient (Wildman–Crippen LogP) is 2.46. The second kappa shape index (κ2) is 7.45. The van der Waals surface area contributed by atoms with Gasteiger partial charge in [0.1, 0.15) is 11.5 Å². The zero-order valence-corrected chi connectivity index (χ0v) is 12.6. The van der Waals surface area contributed by atoms with Crippen LogP contribution in [0.2, 0.25) is 0 Å². The first kappa shape index (κ1) is 15.9. The fourth-order valence-corrected chi connectivity index (χ4v) is 2.84. The number of ether oxygens (including phenoxy) is 2. The van der Waals surface area contributed by atoms with Gasteiger partial charge in [-0.25, -0.2) is 8.42 Å². The molecule has 1 rings (SSSR count). The first-order valence-corrected chi connectivity index (χ1v) is 7.99. The zero-order valence-electron chi connectivity index (χ0n) is 11.0. The number of hydrogen-bond donors (Lipinski definition) is 1. The highest BCUT2D eigenvalue weighted by atomic mass is 35.5. The first-order valence-electron chi connectivity index (χ1n) is 5.80. The number of halogens is 1. The van der Waals surface area contributed by atoms with E-state index in [9.17, 15) is 8.42 Å². The van der Waals surface area contributed by atoms with Crippen molar-refractivity contribution in [1.29, 1.82) is 0 Å². The fraction of sp³-hybridized carbons (Fsp3) is 0.500. The molecule has 0 saturated carbocycles. The minimum absolute atomic E-state index is 0.0409. The summed E-state index contributed by atoms with van der Waals surface area (Å²) in [6.07, 6.45) is 1.20. The largest absolute Gasteiger partial charge is 0.497 e. The van der Waals surface area contributed by atoms with Crippen molar-refractivity contribution in [3.05, 3.63) is 18.2 Å². The number of rotatable bonds is 8. The number of nitrogens with one attached hydrogen (secondary N) is 1. The van der Waals surface area contributed by atoms with Crippen LogP contribution in [0.15, 0.2) is 18.2 Å². The average Bonchev–Trinajstić information content (AvgIpc) is 2.37. The van der Waals surface area contributed by atoms with Gasteiger partial charge in [0.05, 0.1) is 25.7 Å². The van der Waals surface area contributed by atoms with Gasteiger partial charge in [0.15, 0.2) is 0 Å². The van der Waals surface area contributed by atoms with E-state index in [2.05, 4.69) is 4.72 Å². The van der Waals surface area contributed by atoms with E-state index in [1.807, 2.05) is 0 Å². The predicted molar refractivity (Wildman–Crippen MR) is 76.9 cm³/mol. The van der Waals surface area contributed by atoms with Crippen LogP contribution in [0.1, 0.15) is 12.8 Å². The van der Waals surface area contributed by atoms with E-state index in [1.165, 1.54) is 14.2 Å². The van der Waals surface area contributed by atoms with Crippen molar-refractivity contribution in [1.82, 2.24) is 0 Å². The molecule has 19 heavy (non-hydrogen) atoms. The number of alkyl halides is 1. The van der Waals surface area contributed by atoms with Crippen molar-refractivity contribution < 1.29 is 17.9 Å². The smallest absolute Gasteiger partial charge is 0.232 e. The minimum Gasteiger partial charge on any atom is -0.497 e. The van der Waals surface area contributed by atoms with Gasteiger partial charge < -0.3 is 9.47 Å². The lowest BCUT2D eigenvalue weighted by molar-refractivity contribution is 0.395. The molecular formula is C12H18ClNO4S. The summed E-state index contributed by atoms with van der Waals surface area (Å²) in [5, 5.41) is 0. The Morgan fingerprint density at radius 3 is 2.16 bits per heavy atom. The van der Waals surface area contributed by atoms with Crippen LogP contribution in [-0.4, -0.2) is 34.3 Å². The number of hydrogen-bond acceptors (Lipinski definition) is 4. The molecule has 0 aliphatic rings. The van der Waals surface area contributed by atoms with Crippen molar-refractivity contribution >= 4 is 27.3 Å². The van der Waals surface area contributed by atoms with Crippen LogP contribution in [0.25, 0.3) is 0 Å². The standard InChI is InChI=1S/C12H18ClNO4S/c1-17-11-7-10(8-12(9-11)18-2)14-19(15,16)6-4-3-5-13/h7-9,14H,3-6H2,1-2H3. The molecule has 7 heteroatoms. The van der Waals surface area contributed by atoms with Crippen molar-refractivity contribution in [3.8, 4) is 11.5 Å². The summed E-state index contributed by atoms with van der Waals surface area (Å²) < 4.78 is 36.3. The quantitative estimate of drug-likeness (QED) is 0.592. The Hall–Kier alpha value is -1.14. The van der Waals surface area contributed by atoms with Gasteiger partial charge in [-0.1, -0.05) is 0 Å². The Bertz CT molecular complexity index is 482. The number of sulfonamides is 1. The van der Waals surface area contributed by atoms with Crippen LogP contribution in [0.3, 0.4) is 0 Å². The molecule has 0 spiro atoms.